The molecule has 0 bridgehead atoms. The topological polar surface area (TPSA) is 74.4 Å². The van der Waals surface area contributed by atoms with Gasteiger partial charge in [-0.15, -0.1) is 0 Å². The van der Waals surface area contributed by atoms with Crippen LogP contribution < -0.4 is 10.5 Å². The lowest BCUT2D eigenvalue weighted by molar-refractivity contribution is 0.0527. The van der Waals surface area contributed by atoms with E-state index in [9.17, 15) is 4.79 Å². The van der Waals surface area contributed by atoms with Crippen LogP contribution in [0, 0.1) is 5.92 Å². The van der Waals surface area contributed by atoms with Crippen molar-refractivity contribution in [3.05, 3.63) is 17.8 Å². The van der Waals surface area contributed by atoms with Gasteiger partial charge in [0.1, 0.15) is 5.69 Å². The molecule has 1 aromatic rings. The van der Waals surface area contributed by atoms with Gasteiger partial charge in [-0.25, -0.2) is 9.78 Å². The zero-order valence-electron chi connectivity index (χ0n) is 11.8. The van der Waals surface area contributed by atoms with Crippen LogP contribution in [0.5, 0.6) is 5.88 Å². The smallest absolute Gasteiger partial charge is 0.340 e. The number of nitrogens with zero attached hydrogens (tertiary/aromatic N) is 1. The van der Waals surface area contributed by atoms with Gasteiger partial charge in [0.05, 0.1) is 18.8 Å². The zero-order valence-corrected chi connectivity index (χ0v) is 11.8. The second-order valence-corrected chi connectivity index (χ2v) is 4.68. The second-order valence-electron chi connectivity index (χ2n) is 4.68. The molecule has 0 aromatic carbocycles. The Balaban J connectivity index is 2.64. The molecular weight excluding hydrogens is 244 g/mol. The van der Waals surface area contributed by atoms with E-state index in [0.717, 1.165) is 12.8 Å². The number of pyridine rings is 1. The van der Waals surface area contributed by atoms with E-state index in [-0.39, 0.29) is 5.69 Å². The number of esters is 1. The van der Waals surface area contributed by atoms with Gasteiger partial charge in [-0.1, -0.05) is 13.8 Å². The summed E-state index contributed by atoms with van der Waals surface area (Å²) in [5.74, 6) is 0.489. The highest BCUT2D eigenvalue weighted by Crippen LogP contribution is 2.23. The summed E-state index contributed by atoms with van der Waals surface area (Å²) in [6.45, 7) is 6.92. The number of nitrogens with two attached hydrogens (primary N) is 1. The maximum Gasteiger partial charge on any atom is 0.340 e. The molecule has 0 amide bonds. The number of carbonyl (C=O) groups excluding carboxylic acids is 1. The average Bonchev–Trinajstić information content (AvgIpc) is 2.36. The first-order chi connectivity index (χ1) is 9.06. The predicted octanol–water partition coefficient (Wildman–Crippen LogP) is 2.66. The van der Waals surface area contributed by atoms with E-state index in [2.05, 4.69) is 18.8 Å². The molecule has 0 spiro atoms. The molecule has 106 valence electrons. The summed E-state index contributed by atoms with van der Waals surface area (Å²) in [4.78, 5) is 15.7. The second kappa shape index (κ2) is 7.61. The van der Waals surface area contributed by atoms with Gasteiger partial charge in [0.25, 0.3) is 0 Å². The van der Waals surface area contributed by atoms with Crippen LogP contribution in [0.3, 0.4) is 0 Å². The molecule has 1 heterocycles. The van der Waals surface area contributed by atoms with Crippen molar-refractivity contribution in [3.8, 4) is 5.88 Å². The van der Waals surface area contributed by atoms with Gasteiger partial charge in [-0.2, -0.15) is 0 Å². The number of nitrogen functional groups attached to an aromatic ring is 1. The van der Waals surface area contributed by atoms with E-state index < -0.39 is 5.97 Å². The number of rotatable bonds is 7. The number of hydrogen-bond acceptors (Lipinski definition) is 5. The number of hydrogen-bond donors (Lipinski definition) is 1. The Morgan fingerprint density at radius 2 is 2.21 bits per heavy atom. The van der Waals surface area contributed by atoms with Gasteiger partial charge in [-0.3, -0.25) is 0 Å². The summed E-state index contributed by atoms with van der Waals surface area (Å²) in [6.07, 6.45) is 3.51. The Labute approximate surface area is 114 Å². The SMILES string of the molecule is CCOC(=O)c1ccnc(OCCCC(C)C)c1N. The van der Waals surface area contributed by atoms with Crippen LogP contribution in [0.25, 0.3) is 0 Å². The van der Waals surface area contributed by atoms with Crippen molar-refractivity contribution in [1.82, 2.24) is 4.98 Å². The third kappa shape index (κ3) is 4.77. The Morgan fingerprint density at radius 1 is 1.47 bits per heavy atom. The monoisotopic (exact) mass is 266 g/mol. The molecule has 1 rings (SSSR count). The molecule has 0 radical (unpaired) electrons. The average molecular weight is 266 g/mol. The Bertz CT molecular complexity index is 419. The lowest BCUT2D eigenvalue weighted by atomic mass is 10.1. The fourth-order valence-corrected chi connectivity index (χ4v) is 1.62. The first-order valence-electron chi connectivity index (χ1n) is 6.60. The van der Waals surface area contributed by atoms with Crippen LogP contribution in [-0.4, -0.2) is 24.2 Å². The van der Waals surface area contributed by atoms with Gasteiger partial charge in [0.15, 0.2) is 0 Å². The third-order valence-electron chi connectivity index (χ3n) is 2.61. The molecule has 2 N–H and O–H groups in total. The number of carbonyl (C=O) groups is 1. The van der Waals surface area contributed by atoms with Crippen molar-refractivity contribution in [1.29, 1.82) is 0 Å². The molecule has 0 aliphatic heterocycles. The minimum Gasteiger partial charge on any atom is -0.476 e. The lowest BCUT2D eigenvalue weighted by Crippen LogP contribution is -2.11. The van der Waals surface area contributed by atoms with Gasteiger partial charge in [0.2, 0.25) is 5.88 Å². The quantitative estimate of drug-likeness (QED) is 0.606. The molecule has 0 fully saturated rings. The molecule has 5 nitrogen and oxygen atoms in total. The van der Waals surface area contributed by atoms with Gasteiger partial charge in [-0.05, 0) is 31.7 Å². The summed E-state index contributed by atoms with van der Waals surface area (Å²) in [6, 6.07) is 1.54. The van der Waals surface area contributed by atoms with Crippen LogP contribution >= 0.6 is 0 Å². The van der Waals surface area contributed by atoms with Crippen LogP contribution in [0.4, 0.5) is 5.69 Å². The Hall–Kier alpha value is -1.78. The molecule has 0 saturated carbocycles. The van der Waals surface area contributed by atoms with Crippen molar-refractivity contribution in [2.75, 3.05) is 18.9 Å². The van der Waals surface area contributed by atoms with Crippen LogP contribution in [0.2, 0.25) is 0 Å². The van der Waals surface area contributed by atoms with Crippen molar-refractivity contribution in [3.63, 3.8) is 0 Å². The van der Waals surface area contributed by atoms with Gasteiger partial charge >= 0.3 is 5.97 Å². The van der Waals surface area contributed by atoms with Crippen LogP contribution in [-0.2, 0) is 4.74 Å². The maximum atomic E-state index is 11.7. The van der Waals surface area contributed by atoms with Crippen LogP contribution in [0.15, 0.2) is 12.3 Å². The summed E-state index contributed by atoms with van der Waals surface area (Å²) in [5.41, 5.74) is 6.41. The zero-order chi connectivity index (χ0) is 14.3. The van der Waals surface area contributed by atoms with Crippen LogP contribution in [0.1, 0.15) is 44.0 Å². The molecule has 0 saturated heterocycles. The molecule has 1 aromatic heterocycles. The molecule has 5 heteroatoms. The summed E-state index contributed by atoms with van der Waals surface area (Å²) in [7, 11) is 0. The number of ether oxygens (including phenoxy) is 2. The van der Waals surface area contributed by atoms with Gasteiger partial charge < -0.3 is 15.2 Å². The van der Waals surface area contributed by atoms with E-state index in [1.165, 1.54) is 12.3 Å². The Kier molecular flexibility index (Phi) is 6.12. The molecule has 0 unspecified atom stereocenters. The summed E-state index contributed by atoms with van der Waals surface area (Å²) in [5, 5.41) is 0. The van der Waals surface area contributed by atoms with Crippen molar-refractivity contribution in [2.45, 2.75) is 33.6 Å². The minimum atomic E-state index is -0.450. The largest absolute Gasteiger partial charge is 0.476 e. The fourth-order valence-electron chi connectivity index (χ4n) is 1.62. The molecule has 0 aliphatic rings. The predicted molar refractivity (Wildman–Crippen MR) is 74.2 cm³/mol. The molecule has 0 aliphatic carbocycles. The first-order valence-corrected chi connectivity index (χ1v) is 6.60. The molecule has 19 heavy (non-hydrogen) atoms. The van der Waals surface area contributed by atoms with Crippen molar-refractivity contribution < 1.29 is 14.3 Å². The van der Waals surface area contributed by atoms with Crippen molar-refractivity contribution in [2.24, 2.45) is 5.92 Å². The normalized spacial score (nSPS) is 10.5. The Morgan fingerprint density at radius 3 is 2.84 bits per heavy atom. The third-order valence-corrected chi connectivity index (χ3v) is 2.61. The lowest BCUT2D eigenvalue weighted by Gasteiger charge is -2.11. The van der Waals surface area contributed by atoms with E-state index in [1.807, 2.05) is 0 Å². The highest BCUT2D eigenvalue weighted by Gasteiger charge is 2.15. The maximum absolute atomic E-state index is 11.7. The number of aromatic nitrogens is 1. The summed E-state index contributed by atoms with van der Waals surface area (Å²) >= 11 is 0. The standard InChI is InChI=1S/C14H22N2O3/c1-4-18-14(17)11-7-8-16-13(12(11)15)19-9-5-6-10(2)3/h7-8,10H,4-6,9,15H2,1-3H3. The fraction of sp³-hybridized carbons (Fsp3) is 0.571. The van der Waals surface area contributed by atoms with E-state index in [0.29, 0.717) is 30.6 Å². The van der Waals surface area contributed by atoms with Gasteiger partial charge in [0, 0.05) is 6.20 Å². The highest BCUT2D eigenvalue weighted by molar-refractivity contribution is 5.96. The van der Waals surface area contributed by atoms with E-state index in [4.69, 9.17) is 15.2 Å². The van der Waals surface area contributed by atoms with Crippen molar-refractivity contribution >= 4 is 11.7 Å². The van der Waals surface area contributed by atoms with E-state index >= 15 is 0 Å². The first kappa shape index (κ1) is 15.3. The number of anilines is 1. The minimum absolute atomic E-state index is 0.241. The molecule has 0 atom stereocenters. The summed E-state index contributed by atoms with van der Waals surface area (Å²) < 4.78 is 10.4. The van der Waals surface area contributed by atoms with E-state index in [1.54, 1.807) is 6.92 Å². The highest BCUT2D eigenvalue weighted by atomic mass is 16.5. The molecular formula is C14H22N2O3.